The van der Waals surface area contributed by atoms with Gasteiger partial charge in [-0.3, -0.25) is 9.59 Å². The average molecular weight is 496 g/mol. The molecule has 184 valence electrons. The van der Waals surface area contributed by atoms with Crippen LogP contribution < -0.4 is 10.6 Å². The van der Waals surface area contributed by atoms with Crippen LogP contribution in [0.3, 0.4) is 0 Å². The second-order valence-electron chi connectivity index (χ2n) is 8.33. The van der Waals surface area contributed by atoms with Crippen molar-refractivity contribution in [1.82, 2.24) is 20.1 Å². The van der Waals surface area contributed by atoms with E-state index < -0.39 is 5.97 Å². The van der Waals surface area contributed by atoms with Gasteiger partial charge >= 0.3 is 5.97 Å². The first-order chi connectivity index (χ1) is 16.6. The lowest BCUT2D eigenvalue weighted by molar-refractivity contribution is -0.113. The normalized spacial score (nSPS) is 11.7. The Hall–Kier alpha value is -3.66. The minimum atomic E-state index is -0.444. The third kappa shape index (κ3) is 7.16. The molecule has 0 fully saturated rings. The largest absolute Gasteiger partial charge is 0.459 e. The summed E-state index contributed by atoms with van der Waals surface area (Å²) in [4.78, 5) is 37.0. The molecular weight excluding hydrogens is 466 g/mol. The molecular formula is C25H29N5O4S. The number of benzene rings is 2. The predicted molar refractivity (Wildman–Crippen MR) is 134 cm³/mol. The van der Waals surface area contributed by atoms with Crippen LogP contribution in [0.2, 0.25) is 0 Å². The van der Waals surface area contributed by atoms with Crippen molar-refractivity contribution in [2.24, 2.45) is 7.05 Å². The highest BCUT2D eigenvalue weighted by Gasteiger charge is 2.19. The number of hydrogen-bond donors (Lipinski definition) is 2. The summed E-state index contributed by atoms with van der Waals surface area (Å²) >= 11 is 1.22. The first-order valence-corrected chi connectivity index (χ1v) is 12.1. The maximum absolute atomic E-state index is 12.5. The van der Waals surface area contributed by atoms with Crippen LogP contribution in [0.25, 0.3) is 0 Å². The van der Waals surface area contributed by atoms with Gasteiger partial charge in [-0.2, -0.15) is 0 Å². The maximum atomic E-state index is 12.5. The number of anilines is 1. The first-order valence-electron chi connectivity index (χ1n) is 11.1. The van der Waals surface area contributed by atoms with Crippen molar-refractivity contribution in [2.75, 3.05) is 11.1 Å². The van der Waals surface area contributed by atoms with E-state index in [0.29, 0.717) is 27.8 Å². The molecule has 1 heterocycles. The Kier molecular flexibility index (Phi) is 8.64. The number of amides is 2. The quantitative estimate of drug-likeness (QED) is 0.342. The topological polar surface area (TPSA) is 115 Å². The lowest BCUT2D eigenvalue weighted by Gasteiger charge is -2.14. The Morgan fingerprint density at radius 3 is 2.43 bits per heavy atom. The monoisotopic (exact) mass is 495 g/mol. The van der Waals surface area contributed by atoms with Crippen molar-refractivity contribution in [2.45, 2.75) is 45.0 Å². The van der Waals surface area contributed by atoms with Crippen molar-refractivity contribution in [1.29, 1.82) is 0 Å². The second kappa shape index (κ2) is 11.7. The summed E-state index contributed by atoms with van der Waals surface area (Å²) in [7, 11) is 1.79. The lowest BCUT2D eigenvalue weighted by atomic mass is 10.1. The van der Waals surface area contributed by atoms with Gasteiger partial charge in [-0.1, -0.05) is 35.5 Å². The van der Waals surface area contributed by atoms with Crippen LogP contribution in [0.1, 0.15) is 58.9 Å². The van der Waals surface area contributed by atoms with Crippen LogP contribution in [-0.2, 0) is 16.6 Å². The zero-order chi connectivity index (χ0) is 25.5. The number of aromatic nitrogens is 3. The third-order valence-corrected chi connectivity index (χ3v) is 5.99. The fraction of sp³-hybridized carbons (Fsp3) is 0.320. The van der Waals surface area contributed by atoms with E-state index in [1.165, 1.54) is 11.8 Å². The molecule has 2 amide bonds. The van der Waals surface area contributed by atoms with Crippen molar-refractivity contribution < 1.29 is 19.1 Å². The lowest BCUT2D eigenvalue weighted by Crippen LogP contribution is -2.28. The van der Waals surface area contributed by atoms with E-state index >= 15 is 0 Å². The fourth-order valence-electron chi connectivity index (χ4n) is 3.21. The van der Waals surface area contributed by atoms with Gasteiger partial charge in [0.1, 0.15) is 0 Å². The number of nitrogens with zero attached hydrogens (tertiary/aromatic N) is 3. The van der Waals surface area contributed by atoms with Crippen LogP contribution in [0.5, 0.6) is 0 Å². The fourth-order valence-corrected chi connectivity index (χ4v) is 3.93. The van der Waals surface area contributed by atoms with Gasteiger partial charge in [-0.15, -0.1) is 10.2 Å². The molecule has 0 aliphatic rings. The van der Waals surface area contributed by atoms with Crippen LogP contribution in [0.15, 0.2) is 53.7 Å². The molecule has 0 saturated heterocycles. The highest BCUT2D eigenvalue weighted by molar-refractivity contribution is 7.99. The molecule has 2 aromatic carbocycles. The van der Waals surface area contributed by atoms with E-state index in [4.69, 9.17) is 4.74 Å². The Labute approximate surface area is 208 Å². The minimum absolute atomic E-state index is 0.0940. The van der Waals surface area contributed by atoms with E-state index in [-0.39, 0.29) is 29.7 Å². The molecule has 0 radical (unpaired) electrons. The number of thioether (sulfide) groups is 1. The molecule has 2 N–H and O–H groups in total. The number of nitrogens with one attached hydrogen (secondary N) is 2. The minimum Gasteiger partial charge on any atom is -0.459 e. The van der Waals surface area contributed by atoms with Gasteiger partial charge in [0.2, 0.25) is 5.91 Å². The number of carbonyl (C=O) groups excluding carboxylic acids is 3. The standard InChI is InChI=1S/C25H29N5O4S/c1-15(2)34-24(33)19-7-6-8-20(13-19)27-21(31)14-35-25-29-28-22(30(25)5)17(4)26-23(32)18-11-9-16(3)10-12-18/h6-13,15,17H,14H2,1-5H3,(H,26,32)(H,27,31)/t17-/m1/s1. The number of ether oxygens (including phenoxy) is 1. The number of esters is 1. The zero-order valence-corrected chi connectivity index (χ0v) is 21.2. The van der Waals surface area contributed by atoms with Crippen molar-refractivity contribution >= 4 is 35.2 Å². The van der Waals surface area contributed by atoms with Gasteiger partial charge in [0.25, 0.3) is 5.91 Å². The van der Waals surface area contributed by atoms with Crippen molar-refractivity contribution in [3.63, 3.8) is 0 Å². The van der Waals surface area contributed by atoms with Crippen LogP contribution in [-0.4, -0.2) is 44.4 Å². The van der Waals surface area contributed by atoms with Crippen LogP contribution in [0, 0.1) is 6.92 Å². The summed E-state index contributed by atoms with van der Waals surface area (Å²) in [5.74, 6) is -0.231. The van der Waals surface area contributed by atoms with Crippen LogP contribution in [0.4, 0.5) is 5.69 Å². The summed E-state index contributed by atoms with van der Waals surface area (Å²) in [6.07, 6.45) is -0.230. The van der Waals surface area contributed by atoms with Gasteiger partial charge in [0, 0.05) is 18.3 Å². The molecule has 9 nitrogen and oxygen atoms in total. The van der Waals surface area contributed by atoms with Crippen molar-refractivity contribution in [3.8, 4) is 0 Å². The number of rotatable bonds is 9. The van der Waals surface area contributed by atoms with E-state index in [1.807, 2.05) is 26.0 Å². The first kappa shape index (κ1) is 26.0. The number of hydrogen-bond acceptors (Lipinski definition) is 7. The Bertz CT molecular complexity index is 1210. The molecule has 1 aromatic heterocycles. The summed E-state index contributed by atoms with van der Waals surface area (Å²) in [5, 5.41) is 14.6. The Morgan fingerprint density at radius 2 is 1.74 bits per heavy atom. The average Bonchev–Trinajstić information content (AvgIpc) is 3.18. The summed E-state index contributed by atoms with van der Waals surface area (Å²) in [6, 6.07) is 13.5. The van der Waals surface area contributed by atoms with E-state index in [9.17, 15) is 14.4 Å². The molecule has 10 heteroatoms. The molecule has 1 atom stereocenters. The van der Waals surface area contributed by atoms with Gasteiger partial charge < -0.3 is 19.9 Å². The Balaban J connectivity index is 1.56. The van der Waals surface area contributed by atoms with E-state index in [0.717, 1.165) is 5.56 Å². The van der Waals surface area contributed by atoms with Crippen LogP contribution >= 0.6 is 11.8 Å². The molecule has 3 rings (SSSR count). The summed E-state index contributed by atoms with van der Waals surface area (Å²) in [5.41, 5.74) is 2.51. The van der Waals surface area contributed by atoms with Gasteiger partial charge in [0.05, 0.1) is 23.5 Å². The molecule has 0 saturated carbocycles. The number of aryl methyl sites for hydroxylation is 1. The van der Waals surface area contributed by atoms with E-state index in [1.54, 1.807) is 61.9 Å². The van der Waals surface area contributed by atoms with Gasteiger partial charge in [0.15, 0.2) is 11.0 Å². The highest BCUT2D eigenvalue weighted by atomic mass is 32.2. The molecule has 0 aliphatic carbocycles. The SMILES string of the molecule is Cc1ccc(C(=O)N[C@H](C)c2nnc(SCC(=O)Nc3cccc(C(=O)OC(C)C)c3)n2C)cc1. The molecule has 0 aliphatic heterocycles. The van der Waals surface area contributed by atoms with E-state index in [2.05, 4.69) is 20.8 Å². The molecule has 0 spiro atoms. The van der Waals surface area contributed by atoms with Gasteiger partial charge in [-0.05, 0) is 58.0 Å². The third-order valence-electron chi connectivity index (χ3n) is 4.97. The smallest absolute Gasteiger partial charge is 0.338 e. The summed E-state index contributed by atoms with van der Waals surface area (Å²) in [6.45, 7) is 7.34. The maximum Gasteiger partial charge on any atom is 0.338 e. The molecule has 0 bridgehead atoms. The number of carbonyl (C=O) groups is 3. The predicted octanol–water partition coefficient (Wildman–Crippen LogP) is 3.91. The highest BCUT2D eigenvalue weighted by Crippen LogP contribution is 2.20. The second-order valence-corrected chi connectivity index (χ2v) is 9.28. The zero-order valence-electron chi connectivity index (χ0n) is 20.4. The molecule has 35 heavy (non-hydrogen) atoms. The van der Waals surface area contributed by atoms with Crippen molar-refractivity contribution in [3.05, 3.63) is 71.0 Å². The molecule has 0 unspecified atom stereocenters. The Morgan fingerprint density at radius 1 is 1.03 bits per heavy atom. The van der Waals surface area contributed by atoms with Gasteiger partial charge in [-0.25, -0.2) is 4.79 Å². The molecule has 3 aromatic rings. The summed E-state index contributed by atoms with van der Waals surface area (Å²) < 4.78 is 6.94.